The number of rotatable bonds is 3. The summed E-state index contributed by atoms with van der Waals surface area (Å²) >= 11 is 3.59. The second-order valence-corrected chi connectivity index (χ2v) is 4.10. The fourth-order valence-corrected chi connectivity index (χ4v) is 0.823. The molecule has 0 aromatic heterocycles. The SMILES string of the molecule is CC(S)C(=O)O.O=C1O[C@H](C(O)CO)C(O)=C1O. The molecule has 9 heteroatoms. The number of carbonyl (C=O) groups is 2. The van der Waals surface area contributed by atoms with E-state index in [1.165, 1.54) is 6.92 Å². The first-order valence-electron chi connectivity index (χ1n) is 4.75. The van der Waals surface area contributed by atoms with Crippen molar-refractivity contribution < 1.29 is 39.9 Å². The number of aliphatic hydroxyl groups excluding tert-OH is 4. The van der Waals surface area contributed by atoms with Gasteiger partial charge in [-0.25, -0.2) is 4.79 Å². The molecule has 1 rings (SSSR count). The zero-order chi connectivity index (χ0) is 14.5. The van der Waals surface area contributed by atoms with Gasteiger partial charge in [-0.15, -0.1) is 0 Å². The Morgan fingerprint density at radius 1 is 1.50 bits per heavy atom. The maximum absolute atomic E-state index is 10.5. The van der Waals surface area contributed by atoms with Crippen LogP contribution in [0.4, 0.5) is 0 Å². The topological polar surface area (TPSA) is 145 Å². The van der Waals surface area contributed by atoms with Crippen LogP contribution in [-0.4, -0.2) is 61.5 Å². The van der Waals surface area contributed by atoms with Crippen LogP contribution in [0.2, 0.25) is 0 Å². The van der Waals surface area contributed by atoms with Crippen molar-refractivity contribution in [1.82, 2.24) is 0 Å². The summed E-state index contributed by atoms with van der Waals surface area (Å²) in [6.45, 7) is 0.834. The first kappa shape index (κ1) is 16.6. The van der Waals surface area contributed by atoms with Crippen molar-refractivity contribution in [1.29, 1.82) is 0 Å². The fourth-order valence-electron chi connectivity index (χ4n) is 0.823. The Balaban J connectivity index is 0.000000411. The molecule has 0 fully saturated rings. The molecule has 0 amide bonds. The van der Waals surface area contributed by atoms with Crippen LogP contribution in [-0.2, 0) is 14.3 Å². The van der Waals surface area contributed by atoms with E-state index in [1.807, 2.05) is 0 Å². The van der Waals surface area contributed by atoms with Crippen LogP contribution in [0.3, 0.4) is 0 Å². The van der Waals surface area contributed by atoms with E-state index in [9.17, 15) is 9.59 Å². The van der Waals surface area contributed by atoms with Gasteiger partial charge in [-0.05, 0) is 6.92 Å². The number of hydrogen-bond donors (Lipinski definition) is 6. The van der Waals surface area contributed by atoms with Gasteiger partial charge in [0.1, 0.15) is 6.10 Å². The number of cyclic esters (lactones) is 1. The van der Waals surface area contributed by atoms with Gasteiger partial charge >= 0.3 is 11.9 Å². The van der Waals surface area contributed by atoms with E-state index in [1.54, 1.807) is 0 Å². The number of aliphatic hydroxyl groups is 4. The molecule has 18 heavy (non-hydrogen) atoms. The molecule has 3 atom stereocenters. The number of thiol groups is 1. The largest absolute Gasteiger partial charge is 0.505 e. The van der Waals surface area contributed by atoms with Gasteiger partial charge in [0.25, 0.3) is 0 Å². The summed E-state index contributed by atoms with van der Waals surface area (Å²) < 4.78 is 4.32. The van der Waals surface area contributed by atoms with Gasteiger partial charge in [0.05, 0.1) is 11.9 Å². The van der Waals surface area contributed by atoms with E-state index in [2.05, 4.69) is 17.4 Å². The van der Waals surface area contributed by atoms with Gasteiger partial charge < -0.3 is 30.3 Å². The Morgan fingerprint density at radius 2 is 1.94 bits per heavy atom. The molecule has 0 saturated carbocycles. The minimum Gasteiger partial charge on any atom is -0.505 e. The lowest BCUT2D eigenvalue weighted by molar-refractivity contribution is -0.147. The van der Waals surface area contributed by atoms with E-state index < -0.39 is 47.5 Å². The molecule has 0 aromatic rings. The second kappa shape index (κ2) is 7.09. The molecule has 0 aliphatic carbocycles. The van der Waals surface area contributed by atoms with Gasteiger partial charge in [0.2, 0.25) is 5.76 Å². The van der Waals surface area contributed by atoms with Crippen LogP contribution in [0.1, 0.15) is 6.92 Å². The van der Waals surface area contributed by atoms with Crippen LogP contribution >= 0.6 is 12.6 Å². The highest BCUT2D eigenvalue weighted by Gasteiger charge is 2.38. The van der Waals surface area contributed by atoms with E-state index in [0.29, 0.717) is 0 Å². The van der Waals surface area contributed by atoms with Crippen LogP contribution in [0.25, 0.3) is 0 Å². The Bertz CT molecular complexity index is 350. The van der Waals surface area contributed by atoms with E-state index in [-0.39, 0.29) is 0 Å². The minimum absolute atomic E-state index is 0.537. The highest BCUT2D eigenvalue weighted by atomic mass is 32.1. The van der Waals surface area contributed by atoms with Crippen molar-refractivity contribution in [2.45, 2.75) is 24.4 Å². The number of hydrogen-bond acceptors (Lipinski definition) is 8. The molecule has 8 nitrogen and oxygen atoms in total. The van der Waals surface area contributed by atoms with Gasteiger partial charge in [0.15, 0.2) is 11.9 Å². The second-order valence-electron chi connectivity index (χ2n) is 3.32. The summed E-state index contributed by atoms with van der Waals surface area (Å²) in [5.41, 5.74) is 0. The maximum Gasteiger partial charge on any atom is 0.377 e. The molecule has 1 heterocycles. The Labute approximate surface area is 108 Å². The molecule has 0 spiro atoms. The Morgan fingerprint density at radius 3 is 2.17 bits per heavy atom. The number of ether oxygens (including phenoxy) is 1. The maximum atomic E-state index is 10.5. The third-order valence-electron chi connectivity index (χ3n) is 1.83. The smallest absolute Gasteiger partial charge is 0.377 e. The molecule has 0 saturated heterocycles. The first-order chi connectivity index (χ1) is 8.22. The fraction of sp³-hybridized carbons (Fsp3) is 0.556. The van der Waals surface area contributed by atoms with E-state index in [4.69, 9.17) is 25.5 Å². The average Bonchev–Trinajstić information content (AvgIpc) is 2.56. The third kappa shape index (κ3) is 4.43. The van der Waals surface area contributed by atoms with Gasteiger partial charge in [-0.3, -0.25) is 4.79 Å². The molecule has 2 unspecified atom stereocenters. The lowest BCUT2D eigenvalue weighted by atomic mass is 10.2. The van der Waals surface area contributed by atoms with Gasteiger partial charge in [-0.1, -0.05) is 0 Å². The van der Waals surface area contributed by atoms with Crippen molar-refractivity contribution in [2.24, 2.45) is 0 Å². The normalized spacial score (nSPS) is 21.8. The molecule has 1 aliphatic rings. The summed E-state index contributed by atoms with van der Waals surface area (Å²) in [5.74, 6) is -3.66. The molecule has 1 aliphatic heterocycles. The molecular formula is C9H14O8S. The Hall–Kier alpha value is -1.45. The predicted molar refractivity (Wildman–Crippen MR) is 61.3 cm³/mol. The van der Waals surface area contributed by atoms with Crippen LogP contribution < -0.4 is 0 Å². The van der Waals surface area contributed by atoms with Crippen LogP contribution in [0, 0.1) is 0 Å². The first-order valence-corrected chi connectivity index (χ1v) is 5.26. The summed E-state index contributed by atoms with van der Waals surface area (Å²) in [5, 5.41) is 42.4. The molecule has 0 bridgehead atoms. The third-order valence-corrected chi connectivity index (χ3v) is 2.05. The van der Waals surface area contributed by atoms with Crippen molar-refractivity contribution in [3.63, 3.8) is 0 Å². The molecule has 5 N–H and O–H groups in total. The van der Waals surface area contributed by atoms with E-state index >= 15 is 0 Å². The van der Waals surface area contributed by atoms with Crippen molar-refractivity contribution >= 4 is 24.6 Å². The highest BCUT2D eigenvalue weighted by molar-refractivity contribution is 7.81. The van der Waals surface area contributed by atoms with Crippen molar-refractivity contribution in [2.75, 3.05) is 6.61 Å². The molecule has 104 valence electrons. The van der Waals surface area contributed by atoms with Crippen molar-refractivity contribution in [3.05, 3.63) is 11.5 Å². The quantitative estimate of drug-likeness (QED) is 0.285. The number of carbonyl (C=O) groups excluding carboxylic acids is 1. The number of aliphatic carboxylic acids is 1. The monoisotopic (exact) mass is 282 g/mol. The van der Waals surface area contributed by atoms with Gasteiger partial charge in [0, 0.05) is 0 Å². The standard InChI is InChI=1S/C6H8O6.C3H6O2S/c7-1-2(8)5-3(9)4(10)6(11)12-5;1-2(6)3(4)5/h2,5,7-10H,1H2;2,6H,1H3,(H,4,5)/t2?,5-;/m1./s1. The molecule has 0 aromatic carbocycles. The predicted octanol–water partition coefficient (Wildman–Crippen LogP) is -1.02. The minimum atomic E-state index is -1.42. The summed E-state index contributed by atoms with van der Waals surface area (Å²) in [6, 6.07) is 0. The number of carboxylic acid groups (broad SMARTS) is 1. The summed E-state index contributed by atoms with van der Waals surface area (Å²) in [7, 11) is 0. The molecular weight excluding hydrogens is 268 g/mol. The zero-order valence-electron chi connectivity index (χ0n) is 9.35. The van der Waals surface area contributed by atoms with Crippen LogP contribution in [0.5, 0.6) is 0 Å². The van der Waals surface area contributed by atoms with E-state index in [0.717, 1.165) is 0 Å². The number of carboxylic acids is 1. The highest BCUT2D eigenvalue weighted by Crippen LogP contribution is 2.20. The lowest BCUT2D eigenvalue weighted by Gasteiger charge is -2.13. The number of esters is 1. The van der Waals surface area contributed by atoms with Crippen molar-refractivity contribution in [3.8, 4) is 0 Å². The average molecular weight is 282 g/mol. The lowest BCUT2D eigenvalue weighted by Crippen LogP contribution is -2.31. The summed E-state index contributed by atoms with van der Waals surface area (Å²) in [6.07, 6.45) is -2.78. The zero-order valence-corrected chi connectivity index (χ0v) is 10.2. The summed E-state index contributed by atoms with van der Waals surface area (Å²) in [4.78, 5) is 20.2. The Kier molecular flexibility index (Phi) is 6.52. The van der Waals surface area contributed by atoms with Crippen LogP contribution in [0.15, 0.2) is 11.5 Å². The van der Waals surface area contributed by atoms with Gasteiger partial charge in [-0.2, -0.15) is 12.6 Å². The molecule has 0 radical (unpaired) electrons.